The van der Waals surface area contributed by atoms with Crippen LogP contribution < -0.4 is 10.5 Å². The molecule has 2 atom stereocenters. The van der Waals surface area contributed by atoms with Crippen molar-refractivity contribution in [2.75, 3.05) is 19.4 Å². The topological polar surface area (TPSA) is 117 Å². The minimum absolute atomic E-state index is 0.0311. The van der Waals surface area contributed by atoms with Gasteiger partial charge in [-0.15, -0.1) is 11.8 Å². The summed E-state index contributed by atoms with van der Waals surface area (Å²) in [4.78, 5) is 27.8. The highest BCUT2D eigenvalue weighted by atomic mass is 32.2. The van der Waals surface area contributed by atoms with Crippen LogP contribution in [0, 0.1) is 10.8 Å². The number of amides is 1. The van der Waals surface area contributed by atoms with Crippen LogP contribution in [-0.2, 0) is 16.0 Å². The Labute approximate surface area is 227 Å². The van der Waals surface area contributed by atoms with E-state index in [1.54, 1.807) is 16.7 Å². The van der Waals surface area contributed by atoms with Crippen LogP contribution in [0.15, 0.2) is 77.7 Å². The number of aliphatic carboxylic acids is 1. The lowest BCUT2D eigenvalue weighted by Gasteiger charge is -2.25. The molecule has 38 heavy (non-hydrogen) atoms. The van der Waals surface area contributed by atoms with E-state index in [0.29, 0.717) is 17.9 Å². The number of thioether (sulfide) groups is 1. The van der Waals surface area contributed by atoms with Crippen LogP contribution in [0.25, 0.3) is 11.1 Å². The maximum atomic E-state index is 13.2. The van der Waals surface area contributed by atoms with Gasteiger partial charge in [-0.1, -0.05) is 60.7 Å². The predicted octanol–water partition coefficient (Wildman–Crippen LogP) is 5.06. The molecule has 4 N–H and O–H groups in total. The average Bonchev–Trinajstić information content (AvgIpc) is 3.18. The number of carbonyl (C=O) groups excluding carboxylic acids is 1. The maximum Gasteiger partial charge on any atom is 0.319 e. The number of hydrogen-bond donors (Lipinski definition) is 3. The second-order valence-electron chi connectivity index (χ2n) is 9.75. The van der Waals surface area contributed by atoms with Gasteiger partial charge in [0.05, 0.1) is 6.04 Å². The van der Waals surface area contributed by atoms with Crippen LogP contribution in [0.3, 0.4) is 0 Å². The number of nitrogen functional groups attached to an aromatic ring is 1. The van der Waals surface area contributed by atoms with Crippen LogP contribution >= 0.6 is 11.8 Å². The number of likely N-dealkylation sites (tertiary alicyclic amines) is 1. The fourth-order valence-corrected chi connectivity index (χ4v) is 5.43. The van der Waals surface area contributed by atoms with Crippen LogP contribution in [0.2, 0.25) is 0 Å². The highest BCUT2D eigenvalue weighted by molar-refractivity contribution is 7.98. The Morgan fingerprint density at radius 1 is 1.13 bits per heavy atom. The van der Waals surface area contributed by atoms with Gasteiger partial charge in [0.2, 0.25) is 5.91 Å². The van der Waals surface area contributed by atoms with Crippen molar-refractivity contribution in [2.24, 2.45) is 11.1 Å². The molecule has 1 saturated heterocycles. The third-order valence-corrected chi connectivity index (χ3v) is 7.88. The van der Waals surface area contributed by atoms with Crippen LogP contribution in [-0.4, -0.2) is 53.2 Å². The molecule has 1 heterocycles. The van der Waals surface area contributed by atoms with Gasteiger partial charge < -0.3 is 20.5 Å². The number of nitrogens with one attached hydrogen (secondary N) is 1. The zero-order chi connectivity index (χ0) is 27.3. The van der Waals surface area contributed by atoms with E-state index in [-0.39, 0.29) is 30.8 Å². The monoisotopic (exact) mass is 531 g/mol. The first-order valence-electron chi connectivity index (χ1n) is 12.6. The quantitative estimate of drug-likeness (QED) is 0.138. The molecule has 8 heteroatoms. The third-order valence-electron chi connectivity index (χ3n) is 7.12. The number of nitrogens with zero attached hydrogens (tertiary/aromatic N) is 1. The Balaban J connectivity index is 1.47. The second-order valence-corrected chi connectivity index (χ2v) is 10.6. The molecule has 0 radical (unpaired) electrons. The molecule has 0 spiro atoms. The van der Waals surface area contributed by atoms with Crippen LogP contribution in [0.5, 0.6) is 5.75 Å². The molecule has 0 bridgehead atoms. The lowest BCUT2D eigenvalue weighted by Crippen LogP contribution is -2.41. The summed E-state index contributed by atoms with van der Waals surface area (Å²) in [5.74, 6) is -0.713. The van der Waals surface area contributed by atoms with Crippen molar-refractivity contribution in [3.8, 4) is 16.9 Å². The minimum atomic E-state index is -1.45. The van der Waals surface area contributed by atoms with E-state index >= 15 is 0 Å². The maximum absolute atomic E-state index is 13.2. The summed E-state index contributed by atoms with van der Waals surface area (Å²) in [5.41, 5.74) is 7.99. The predicted molar refractivity (Wildman–Crippen MR) is 151 cm³/mol. The van der Waals surface area contributed by atoms with E-state index < -0.39 is 11.4 Å². The molecule has 0 saturated carbocycles. The fourth-order valence-electron chi connectivity index (χ4n) is 4.86. The van der Waals surface area contributed by atoms with Crippen molar-refractivity contribution >= 4 is 29.5 Å². The first-order valence-corrected chi connectivity index (χ1v) is 13.8. The highest BCUT2D eigenvalue weighted by Gasteiger charge is 2.53. The van der Waals surface area contributed by atoms with Gasteiger partial charge in [0.25, 0.3) is 0 Å². The molecule has 0 unspecified atom stereocenters. The zero-order valence-electron chi connectivity index (χ0n) is 21.6. The van der Waals surface area contributed by atoms with E-state index in [4.69, 9.17) is 15.9 Å². The van der Waals surface area contributed by atoms with Gasteiger partial charge in [0.1, 0.15) is 23.6 Å². The Kier molecular flexibility index (Phi) is 8.42. The number of carbonyl (C=O) groups is 2. The number of carboxylic acids is 1. The second kappa shape index (κ2) is 11.7. The first kappa shape index (κ1) is 27.3. The Morgan fingerprint density at radius 2 is 1.82 bits per heavy atom. The van der Waals surface area contributed by atoms with Gasteiger partial charge >= 0.3 is 5.97 Å². The molecule has 3 aromatic rings. The summed E-state index contributed by atoms with van der Waals surface area (Å²) in [7, 11) is 0. The number of amidine groups is 1. The fraction of sp³-hybridized carbons (Fsp3) is 0.300. The van der Waals surface area contributed by atoms with Crippen LogP contribution in [0.4, 0.5) is 0 Å². The molecule has 1 aliphatic rings. The highest BCUT2D eigenvalue weighted by Crippen LogP contribution is 2.38. The molecule has 0 aliphatic carbocycles. The molecule has 4 rings (SSSR count). The molecule has 3 aromatic carbocycles. The van der Waals surface area contributed by atoms with Gasteiger partial charge in [-0.2, -0.15) is 0 Å². The van der Waals surface area contributed by atoms with Crippen molar-refractivity contribution in [3.63, 3.8) is 0 Å². The molecule has 1 amide bonds. The summed E-state index contributed by atoms with van der Waals surface area (Å²) in [6, 6.07) is 23.2. The molecule has 0 aromatic heterocycles. The van der Waals surface area contributed by atoms with Gasteiger partial charge in [0, 0.05) is 17.0 Å². The van der Waals surface area contributed by atoms with E-state index in [1.165, 1.54) is 12.5 Å². The standard InChI is InChI=1S/C30H33N3O4S/c1-30(29(35)36)18-24(33(28(30)34)16-6-9-20-7-4-3-5-8-20)19-37-25-15-14-23(17-26(25)38-2)21-10-12-22(13-11-21)27(31)32/h3-5,7-8,10-15,17,24H,6,9,16,18-19H2,1-2H3,(H3,31,32)(H,35,36)/t24-,30-/m0/s1. The van der Waals surface area contributed by atoms with Gasteiger partial charge in [-0.05, 0) is 61.3 Å². The molecule has 7 nitrogen and oxygen atoms in total. The van der Waals surface area contributed by atoms with E-state index in [2.05, 4.69) is 12.1 Å². The molecular formula is C30H33N3O4S. The minimum Gasteiger partial charge on any atom is -0.490 e. The number of benzene rings is 3. The summed E-state index contributed by atoms with van der Waals surface area (Å²) < 4.78 is 6.22. The van der Waals surface area contributed by atoms with Crippen LogP contribution in [0.1, 0.15) is 30.9 Å². The lowest BCUT2D eigenvalue weighted by atomic mass is 9.87. The Bertz CT molecular complexity index is 1310. The summed E-state index contributed by atoms with van der Waals surface area (Å²) in [6.07, 6.45) is 3.74. The number of nitrogens with two attached hydrogens (primary N) is 1. The number of carboxylic acid groups (broad SMARTS) is 1. The van der Waals surface area contributed by atoms with Crippen molar-refractivity contribution in [3.05, 3.63) is 83.9 Å². The normalized spacial score (nSPS) is 18.9. The van der Waals surface area contributed by atoms with Crippen molar-refractivity contribution in [2.45, 2.75) is 37.1 Å². The Hall–Kier alpha value is -3.78. The van der Waals surface area contributed by atoms with Gasteiger partial charge in [-0.3, -0.25) is 15.0 Å². The molecule has 198 valence electrons. The number of rotatable bonds is 11. The average molecular weight is 532 g/mol. The largest absolute Gasteiger partial charge is 0.490 e. The van der Waals surface area contributed by atoms with E-state index in [9.17, 15) is 14.7 Å². The van der Waals surface area contributed by atoms with Gasteiger partial charge in [0.15, 0.2) is 0 Å². The lowest BCUT2D eigenvalue weighted by molar-refractivity contribution is -0.155. The molecule has 1 aliphatic heterocycles. The smallest absolute Gasteiger partial charge is 0.319 e. The summed E-state index contributed by atoms with van der Waals surface area (Å²) in [6.45, 7) is 2.22. The SMILES string of the molecule is CSc1cc(-c2ccc(C(=N)N)cc2)ccc1OC[C@@H]1C[C@](C)(C(=O)O)C(=O)N1CCCc1ccccc1. The summed E-state index contributed by atoms with van der Waals surface area (Å²) >= 11 is 1.56. The molecule has 1 fully saturated rings. The summed E-state index contributed by atoms with van der Waals surface area (Å²) in [5, 5.41) is 17.4. The van der Waals surface area contributed by atoms with Gasteiger partial charge in [-0.25, -0.2) is 0 Å². The van der Waals surface area contributed by atoms with Crippen molar-refractivity contribution in [1.29, 1.82) is 5.41 Å². The first-order chi connectivity index (χ1) is 18.2. The van der Waals surface area contributed by atoms with Crippen molar-refractivity contribution in [1.82, 2.24) is 4.90 Å². The third kappa shape index (κ3) is 5.86. The molecular weight excluding hydrogens is 498 g/mol. The Morgan fingerprint density at radius 3 is 2.45 bits per heavy atom. The number of hydrogen-bond acceptors (Lipinski definition) is 5. The number of aryl methyl sites for hydroxylation is 1. The zero-order valence-corrected chi connectivity index (χ0v) is 22.5. The van der Waals surface area contributed by atoms with E-state index in [0.717, 1.165) is 28.9 Å². The van der Waals surface area contributed by atoms with E-state index in [1.807, 2.05) is 66.9 Å². The number of ether oxygens (including phenoxy) is 1. The van der Waals surface area contributed by atoms with Crippen molar-refractivity contribution < 1.29 is 19.4 Å².